The minimum atomic E-state index is -1.10. The van der Waals surface area contributed by atoms with E-state index in [2.05, 4.69) is 5.32 Å². The SMILES string of the molecule is COc1ccc(C(=O)O)cc1NC(=O)C[C@H]1CSCN1C(=O)OC(C)(C)C. The van der Waals surface area contributed by atoms with Crippen LogP contribution in [0.3, 0.4) is 0 Å². The maximum absolute atomic E-state index is 12.5. The highest BCUT2D eigenvalue weighted by Crippen LogP contribution is 2.28. The lowest BCUT2D eigenvalue weighted by Gasteiger charge is -2.27. The van der Waals surface area contributed by atoms with Crippen LogP contribution < -0.4 is 10.1 Å². The molecule has 27 heavy (non-hydrogen) atoms. The Labute approximate surface area is 162 Å². The number of anilines is 1. The summed E-state index contributed by atoms with van der Waals surface area (Å²) in [5.41, 5.74) is -0.295. The minimum Gasteiger partial charge on any atom is -0.495 e. The Hall–Kier alpha value is -2.42. The largest absolute Gasteiger partial charge is 0.495 e. The van der Waals surface area contributed by atoms with E-state index in [1.54, 1.807) is 37.4 Å². The maximum Gasteiger partial charge on any atom is 0.411 e. The molecule has 1 aliphatic heterocycles. The number of carboxylic acid groups (broad SMARTS) is 1. The number of nitrogens with one attached hydrogen (secondary N) is 1. The van der Waals surface area contributed by atoms with Gasteiger partial charge in [0.1, 0.15) is 11.4 Å². The summed E-state index contributed by atoms with van der Waals surface area (Å²) in [6, 6.07) is 3.93. The van der Waals surface area contributed by atoms with Crippen molar-refractivity contribution in [1.82, 2.24) is 4.90 Å². The summed E-state index contributed by atoms with van der Waals surface area (Å²) in [4.78, 5) is 37.5. The first-order valence-electron chi connectivity index (χ1n) is 8.39. The minimum absolute atomic E-state index is 0.0397. The predicted molar refractivity (Wildman–Crippen MR) is 102 cm³/mol. The fourth-order valence-corrected chi connectivity index (χ4v) is 3.72. The van der Waals surface area contributed by atoms with Crippen molar-refractivity contribution < 1.29 is 29.0 Å². The van der Waals surface area contributed by atoms with E-state index in [0.717, 1.165) is 0 Å². The number of ether oxygens (including phenoxy) is 2. The van der Waals surface area contributed by atoms with Gasteiger partial charge in [0.2, 0.25) is 5.91 Å². The zero-order chi connectivity index (χ0) is 20.2. The normalized spacial score (nSPS) is 16.7. The summed E-state index contributed by atoms with van der Waals surface area (Å²) in [6.07, 6.45) is -0.372. The number of amides is 2. The molecule has 0 aliphatic carbocycles. The maximum atomic E-state index is 12.5. The van der Waals surface area contributed by atoms with Crippen molar-refractivity contribution in [2.45, 2.75) is 38.8 Å². The molecule has 2 N–H and O–H groups in total. The molecule has 0 unspecified atom stereocenters. The number of hydrogen-bond acceptors (Lipinski definition) is 6. The van der Waals surface area contributed by atoms with E-state index in [1.807, 2.05) is 0 Å². The van der Waals surface area contributed by atoms with Gasteiger partial charge in [0.25, 0.3) is 0 Å². The summed E-state index contributed by atoms with van der Waals surface area (Å²) in [6.45, 7) is 5.37. The van der Waals surface area contributed by atoms with Crippen LogP contribution in [0, 0.1) is 0 Å². The van der Waals surface area contributed by atoms with Crippen molar-refractivity contribution >= 4 is 35.4 Å². The number of benzene rings is 1. The van der Waals surface area contributed by atoms with Gasteiger partial charge < -0.3 is 19.9 Å². The van der Waals surface area contributed by atoms with E-state index in [-0.39, 0.29) is 29.6 Å². The predicted octanol–water partition coefficient (Wildman–Crippen LogP) is 3.03. The second kappa shape index (κ2) is 8.51. The highest BCUT2D eigenvalue weighted by atomic mass is 32.2. The summed E-state index contributed by atoms with van der Waals surface area (Å²) in [5.74, 6) is 0.00962. The van der Waals surface area contributed by atoms with Gasteiger partial charge in [-0.3, -0.25) is 9.69 Å². The number of hydrogen-bond donors (Lipinski definition) is 2. The molecule has 0 bridgehead atoms. The first kappa shape index (κ1) is 20.9. The first-order valence-corrected chi connectivity index (χ1v) is 9.54. The summed E-state index contributed by atoms with van der Waals surface area (Å²) >= 11 is 1.55. The smallest absolute Gasteiger partial charge is 0.411 e. The van der Waals surface area contributed by atoms with Crippen LogP contribution in [0.25, 0.3) is 0 Å². The molecule has 1 heterocycles. The van der Waals surface area contributed by atoms with Crippen molar-refractivity contribution in [1.29, 1.82) is 0 Å². The molecular weight excluding hydrogens is 372 g/mol. The Kier molecular flexibility index (Phi) is 6.59. The molecular formula is C18H24N2O6S. The zero-order valence-electron chi connectivity index (χ0n) is 15.8. The van der Waals surface area contributed by atoms with Gasteiger partial charge in [-0.25, -0.2) is 9.59 Å². The molecule has 1 aromatic rings. The second-order valence-electron chi connectivity index (χ2n) is 7.08. The number of nitrogens with zero attached hydrogens (tertiary/aromatic N) is 1. The first-order chi connectivity index (χ1) is 12.6. The molecule has 1 aliphatic rings. The highest BCUT2D eigenvalue weighted by molar-refractivity contribution is 7.99. The summed E-state index contributed by atoms with van der Waals surface area (Å²) in [7, 11) is 1.43. The Morgan fingerprint density at radius 3 is 2.63 bits per heavy atom. The quantitative estimate of drug-likeness (QED) is 0.788. The lowest BCUT2D eigenvalue weighted by Crippen LogP contribution is -2.42. The van der Waals surface area contributed by atoms with Crippen LogP contribution in [0.15, 0.2) is 18.2 Å². The number of carbonyl (C=O) groups excluding carboxylic acids is 2. The van der Waals surface area contributed by atoms with E-state index in [0.29, 0.717) is 17.4 Å². The fraction of sp³-hybridized carbons (Fsp3) is 0.500. The second-order valence-corrected chi connectivity index (χ2v) is 8.08. The van der Waals surface area contributed by atoms with Gasteiger partial charge in [-0.15, -0.1) is 11.8 Å². The molecule has 1 saturated heterocycles. The highest BCUT2D eigenvalue weighted by Gasteiger charge is 2.34. The molecule has 148 valence electrons. The topological polar surface area (TPSA) is 105 Å². The third kappa shape index (κ3) is 5.78. The number of thioether (sulfide) groups is 1. The Bertz CT molecular complexity index is 731. The van der Waals surface area contributed by atoms with Gasteiger partial charge in [-0.05, 0) is 39.0 Å². The average Bonchev–Trinajstić information content (AvgIpc) is 3.01. The Morgan fingerprint density at radius 1 is 1.33 bits per heavy atom. The van der Waals surface area contributed by atoms with Crippen LogP contribution in [-0.2, 0) is 9.53 Å². The van der Waals surface area contributed by atoms with Crippen molar-refractivity contribution in [2.75, 3.05) is 24.1 Å². The van der Waals surface area contributed by atoms with Crippen LogP contribution in [0.5, 0.6) is 5.75 Å². The molecule has 9 heteroatoms. The average molecular weight is 396 g/mol. The van der Waals surface area contributed by atoms with Crippen molar-refractivity contribution in [3.05, 3.63) is 23.8 Å². The molecule has 1 fully saturated rings. The van der Waals surface area contributed by atoms with E-state index < -0.39 is 17.7 Å². The molecule has 2 rings (SSSR count). The standard InChI is InChI=1S/C18H24N2O6S/c1-18(2,3)26-17(24)20-10-27-9-12(20)8-15(21)19-13-7-11(16(22)23)5-6-14(13)25-4/h5-7,12H,8-10H2,1-4H3,(H,19,21)(H,22,23)/t12-/m0/s1. The third-order valence-corrected chi connectivity index (χ3v) is 4.83. The van der Waals surface area contributed by atoms with Crippen molar-refractivity contribution in [2.24, 2.45) is 0 Å². The molecule has 8 nitrogen and oxygen atoms in total. The Morgan fingerprint density at radius 2 is 2.04 bits per heavy atom. The molecule has 0 spiro atoms. The molecule has 0 radical (unpaired) electrons. The lowest BCUT2D eigenvalue weighted by molar-refractivity contribution is -0.117. The van der Waals surface area contributed by atoms with Gasteiger partial charge >= 0.3 is 12.1 Å². The Balaban J connectivity index is 2.05. The fourth-order valence-electron chi connectivity index (χ4n) is 2.53. The van der Waals surface area contributed by atoms with Gasteiger partial charge in [0, 0.05) is 12.2 Å². The molecule has 1 atom stereocenters. The van der Waals surface area contributed by atoms with Crippen molar-refractivity contribution in [3.63, 3.8) is 0 Å². The lowest BCUT2D eigenvalue weighted by atomic mass is 10.1. The van der Waals surface area contributed by atoms with Gasteiger partial charge in [-0.2, -0.15) is 0 Å². The van der Waals surface area contributed by atoms with E-state index in [9.17, 15) is 14.4 Å². The number of methoxy groups -OCH3 is 1. The molecule has 2 amide bonds. The van der Waals surface area contributed by atoms with Crippen molar-refractivity contribution in [3.8, 4) is 5.75 Å². The van der Waals surface area contributed by atoms with Gasteiger partial charge in [-0.1, -0.05) is 0 Å². The third-order valence-electron chi connectivity index (χ3n) is 3.75. The van der Waals surface area contributed by atoms with E-state index in [1.165, 1.54) is 25.3 Å². The number of carboxylic acids is 1. The van der Waals surface area contributed by atoms with E-state index in [4.69, 9.17) is 14.6 Å². The molecule has 0 saturated carbocycles. The van der Waals surface area contributed by atoms with E-state index >= 15 is 0 Å². The monoisotopic (exact) mass is 396 g/mol. The number of aromatic carboxylic acids is 1. The van der Waals surface area contributed by atoms with Gasteiger partial charge in [0.05, 0.1) is 30.3 Å². The van der Waals surface area contributed by atoms with Crippen LogP contribution in [0.2, 0.25) is 0 Å². The van der Waals surface area contributed by atoms with Crippen LogP contribution in [0.1, 0.15) is 37.6 Å². The molecule has 0 aromatic heterocycles. The number of carbonyl (C=O) groups is 3. The van der Waals surface area contributed by atoms with Crippen LogP contribution >= 0.6 is 11.8 Å². The summed E-state index contributed by atoms with van der Waals surface area (Å²) in [5, 5.41) is 11.8. The number of rotatable bonds is 5. The zero-order valence-corrected chi connectivity index (χ0v) is 16.6. The molecule has 1 aromatic carbocycles. The van der Waals surface area contributed by atoms with Gasteiger partial charge in [0.15, 0.2) is 0 Å². The summed E-state index contributed by atoms with van der Waals surface area (Å²) < 4.78 is 10.6. The van der Waals surface area contributed by atoms with Crippen LogP contribution in [0.4, 0.5) is 10.5 Å². The van der Waals surface area contributed by atoms with Crippen LogP contribution in [-0.4, -0.2) is 58.4 Å².